The summed E-state index contributed by atoms with van der Waals surface area (Å²) in [5.41, 5.74) is 0.901. The highest BCUT2D eigenvalue weighted by Gasteiger charge is 2.08. The number of ether oxygens (including phenoxy) is 1. The molecule has 0 aliphatic rings. The van der Waals surface area contributed by atoms with E-state index in [9.17, 15) is 0 Å². The highest BCUT2D eigenvalue weighted by atomic mass is 79.9. The van der Waals surface area contributed by atoms with Crippen molar-refractivity contribution >= 4 is 45.7 Å². The van der Waals surface area contributed by atoms with Crippen molar-refractivity contribution in [2.45, 2.75) is 0 Å². The van der Waals surface area contributed by atoms with E-state index in [0.29, 0.717) is 10.6 Å². The van der Waals surface area contributed by atoms with Crippen molar-refractivity contribution in [1.82, 2.24) is 14.9 Å². The number of aromatic amines is 1. The lowest BCUT2D eigenvalue weighted by molar-refractivity contribution is 0.415. The van der Waals surface area contributed by atoms with E-state index in [1.165, 1.54) is 0 Å². The number of halogens is 1. The first-order valence-electron chi connectivity index (χ1n) is 6.29. The van der Waals surface area contributed by atoms with Gasteiger partial charge in [-0.05, 0) is 64.5 Å². The Labute approximate surface area is 144 Å². The van der Waals surface area contributed by atoms with Gasteiger partial charge in [0.2, 0.25) is 4.77 Å². The monoisotopic (exact) mass is 394 g/mol. The average Bonchev–Trinajstić information content (AvgIpc) is 3.11. The second kappa shape index (κ2) is 6.55. The van der Waals surface area contributed by atoms with Crippen molar-refractivity contribution in [3.8, 4) is 17.1 Å². The van der Waals surface area contributed by atoms with Crippen molar-refractivity contribution in [2.75, 3.05) is 7.11 Å². The number of hydrogen-bond donors (Lipinski definition) is 1. The van der Waals surface area contributed by atoms with Crippen LogP contribution in [0.5, 0.6) is 5.75 Å². The number of thiophene rings is 1. The molecule has 3 rings (SSSR count). The molecule has 0 spiro atoms. The maximum absolute atomic E-state index is 5.24. The van der Waals surface area contributed by atoms with Crippen LogP contribution in [0.3, 0.4) is 0 Å². The first-order chi connectivity index (χ1) is 10.7. The van der Waals surface area contributed by atoms with Crippen molar-refractivity contribution < 1.29 is 4.74 Å². The van der Waals surface area contributed by atoms with Gasteiger partial charge in [0.15, 0.2) is 5.82 Å². The largest absolute Gasteiger partial charge is 0.497 e. The number of hydrogen-bond acceptors (Lipinski definition) is 5. The lowest BCUT2D eigenvalue weighted by Crippen LogP contribution is -1.94. The highest BCUT2D eigenvalue weighted by Crippen LogP contribution is 2.22. The van der Waals surface area contributed by atoms with E-state index < -0.39 is 0 Å². The summed E-state index contributed by atoms with van der Waals surface area (Å²) in [5.74, 6) is 1.44. The SMILES string of the molecule is COc1ccc(-c2n[nH]c(=S)n2/N=C\c2ccc(Br)s2)cc1. The summed E-state index contributed by atoms with van der Waals surface area (Å²) < 4.78 is 8.26. The summed E-state index contributed by atoms with van der Waals surface area (Å²) in [5, 5.41) is 11.4. The quantitative estimate of drug-likeness (QED) is 0.529. The average molecular weight is 395 g/mol. The van der Waals surface area contributed by atoms with E-state index in [1.807, 2.05) is 36.4 Å². The first-order valence-corrected chi connectivity index (χ1v) is 8.30. The van der Waals surface area contributed by atoms with Gasteiger partial charge in [-0.2, -0.15) is 14.9 Å². The van der Waals surface area contributed by atoms with Crippen LogP contribution in [0.1, 0.15) is 4.88 Å². The van der Waals surface area contributed by atoms with Gasteiger partial charge in [0, 0.05) is 10.4 Å². The molecule has 22 heavy (non-hydrogen) atoms. The Hall–Kier alpha value is -1.77. The fraction of sp³-hybridized carbons (Fsp3) is 0.0714. The molecule has 0 fully saturated rings. The molecular weight excluding hydrogens is 384 g/mol. The van der Waals surface area contributed by atoms with Crippen molar-refractivity contribution in [1.29, 1.82) is 0 Å². The Bertz CT molecular complexity index is 864. The molecule has 112 valence electrons. The van der Waals surface area contributed by atoms with Gasteiger partial charge in [-0.1, -0.05) is 0 Å². The molecule has 0 aliphatic heterocycles. The normalized spacial score (nSPS) is 11.2. The number of H-pyrrole nitrogens is 1. The highest BCUT2D eigenvalue weighted by molar-refractivity contribution is 9.11. The molecule has 2 aromatic heterocycles. The maximum Gasteiger partial charge on any atom is 0.216 e. The molecule has 0 saturated carbocycles. The summed E-state index contributed by atoms with van der Waals surface area (Å²) in [6, 6.07) is 11.5. The van der Waals surface area contributed by atoms with Crippen LogP contribution in [0, 0.1) is 4.77 Å². The maximum atomic E-state index is 5.24. The minimum absolute atomic E-state index is 0.442. The molecule has 8 heteroatoms. The van der Waals surface area contributed by atoms with Gasteiger partial charge in [-0.3, -0.25) is 0 Å². The van der Waals surface area contributed by atoms with Gasteiger partial charge >= 0.3 is 0 Å². The second-order valence-corrected chi connectivity index (χ2v) is 7.16. The molecule has 5 nitrogen and oxygen atoms in total. The van der Waals surface area contributed by atoms with Crippen LogP contribution in [0.25, 0.3) is 11.4 Å². The van der Waals surface area contributed by atoms with Crippen LogP contribution < -0.4 is 4.74 Å². The standard InChI is InChI=1S/C14H11BrN4OS2/c1-20-10-4-2-9(3-5-10)13-17-18-14(21)19(13)16-8-11-6-7-12(15)22-11/h2-8H,1H3,(H,18,21)/b16-8-. The summed E-state index contributed by atoms with van der Waals surface area (Å²) in [4.78, 5) is 1.02. The third-order valence-corrected chi connectivity index (χ3v) is 4.72. The van der Waals surface area contributed by atoms with Crippen LogP contribution in [-0.2, 0) is 0 Å². The Morgan fingerprint density at radius 2 is 2.09 bits per heavy atom. The summed E-state index contributed by atoms with van der Waals surface area (Å²) in [6.45, 7) is 0. The van der Waals surface area contributed by atoms with E-state index in [0.717, 1.165) is 20.0 Å². The van der Waals surface area contributed by atoms with E-state index in [1.54, 1.807) is 29.3 Å². The molecule has 0 unspecified atom stereocenters. The van der Waals surface area contributed by atoms with Crippen molar-refractivity contribution in [3.05, 3.63) is 49.8 Å². The molecule has 0 bridgehead atoms. The molecule has 0 amide bonds. The summed E-state index contributed by atoms with van der Waals surface area (Å²) >= 11 is 10.3. The molecule has 1 N–H and O–H groups in total. The van der Waals surface area contributed by atoms with Crippen LogP contribution in [0.4, 0.5) is 0 Å². The Kier molecular flexibility index (Phi) is 4.51. The third kappa shape index (κ3) is 3.18. The predicted octanol–water partition coefficient (Wildman–Crippen LogP) is 4.32. The van der Waals surface area contributed by atoms with E-state index >= 15 is 0 Å². The number of aromatic nitrogens is 3. The van der Waals surface area contributed by atoms with Crippen LogP contribution >= 0.6 is 39.5 Å². The fourth-order valence-electron chi connectivity index (χ4n) is 1.84. The molecule has 0 radical (unpaired) electrons. The Morgan fingerprint density at radius 3 is 2.73 bits per heavy atom. The first kappa shape index (κ1) is 15.1. The number of rotatable bonds is 4. The van der Waals surface area contributed by atoms with Gasteiger partial charge in [-0.25, -0.2) is 5.10 Å². The zero-order chi connectivity index (χ0) is 15.5. The van der Waals surface area contributed by atoms with Gasteiger partial charge in [0.1, 0.15) is 5.75 Å². The summed E-state index contributed by atoms with van der Waals surface area (Å²) in [7, 11) is 1.63. The molecule has 3 aromatic rings. The zero-order valence-corrected chi connectivity index (χ0v) is 14.7. The lowest BCUT2D eigenvalue weighted by Gasteiger charge is -2.02. The van der Waals surface area contributed by atoms with E-state index in [-0.39, 0.29) is 0 Å². The molecule has 0 saturated heterocycles. The third-order valence-electron chi connectivity index (χ3n) is 2.89. The van der Waals surface area contributed by atoms with Crippen molar-refractivity contribution in [3.63, 3.8) is 0 Å². The molecular formula is C14H11BrN4OS2. The van der Waals surface area contributed by atoms with E-state index in [2.05, 4.69) is 31.2 Å². The van der Waals surface area contributed by atoms with Crippen LogP contribution in [-0.4, -0.2) is 28.2 Å². The summed E-state index contributed by atoms with van der Waals surface area (Å²) in [6.07, 6.45) is 1.76. The minimum Gasteiger partial charge on any atom is -0.497 e. The van der Waals surface area contributed by atoms with Gasteiger partial charge in [0.25, 0.3) is 0 Å². The lowest BCUT2D eigenvalue weighted by atomic mass is 10.2. The number of benzene rings is 1. The Balaban J connectivity index is 1.96. The van der Waals surface area contributed by atoms with Crippen LogP contribution in [0.15, 0.2) is 45.3 Å². The van der Waals surface area contributed by atoms with Gasteiger partial charge in [0.05, 0.1) is 17.1 Å². The number of methoxy groups -OCH3 is 1. The topological polar surface area (TPSA) is 55.2 Å². The molecule has 0 aliphatic carbocycles. The molecule has 2 heterocycles. The van der Waals surface area contributed by atoms with E-state index in [4.69, 9.17) is 17.0 Å². The van der Waals surface area contributed by atoms with Gasteiger partial charge in [-0.15, -0.1) is 11.3 Å². The fourth-order valence-corrected chi connectivity index (χ4v) is 3.31. The molecule has 1 aromatic carbocycles. The van der Waals surface area contributed by atoms with Gasteiger partial charge < -0.3 is 4.74 Å². The smallest absolute Gasteiger partial charge is 0.216 e. The van der Waals surface area contributed by atoms with Crippen LogP contribution in [0.2, 0.25) is 0 Å². The minimum atomic E-state index is 0.442. The predicted molar refractivity (Wildman–Crippen MR) is 94.4 cm³/mol. The zero-order valence-electron chi connectivity index (χ0n) is 11.5. The number of nitrogens with zero attached hydrogens (tertiary/aromatic N) is 3. The second-order valence-electron chi connectivity index (χ2n) is 4.28. The molecule has 0 atom stereocenters. The van der Waals surface area contributed by atoms with Crippen molar-refractivity contribution in [2.24, 2.45) is 5.10 Å². The Morgan fingerprint density at radius 1 is 1.32 bits per heavy atom. The number of nitrogens with one attached hydrogen (secondary N) is 1.